The SMILES string of the molecule is CC[C@H](CCCC1(CCCI)OCCO1)COCc1ccccc1. The fourth-order valence-electron chi connectivity index (χ4n) is 3.23. The molecule has 0 amide bonds. The van der Waals surface area contributed by atoms with Gasteiger partial charge in [0.15, 0.2) is 5.79 Å². The molecule has 0 bridgehead atoms. The van der Waals surface area contributed by atoms with Crippen molar-refractivity contribution in [2.24, 2.45) is 5.92 Å². The molecule has 1 saturated heterocycles. The van der Waals surface area contributed by atoms with Gasteiger partial charge in [0.1, 0.15) is 0 Å². The lowest BCUT2D eigenvalue weighted by molar-refractivity contribution is -0.168. The van der Waals surface area contributed by atoms with Gasteiger partial charge in [0.25, 0.3) is 0 Å². The van der Waals surface area contributed by atoms with Gasteiger partial charge in [0.05, 0.1) is 19.8 Å². The molecule has 0 aromatic heterocycles. The minimum atomic E-state index is -0.297. The van der Waals surface area contributed by atoms with Crippen LogP contribution in [-0.4, -0.2) is 30.0 Å². The maximum absolute atomic E-state index is 5.94. The van der Waals surface area contributed by atoms with Crippen LogP contribution in [0.5, 0.6) is 0 Å². The van der Waals surface area contributed by atoms with Crippen LogP contribution < -0.4 is 0 Å². The van der Waals surface area contributed by atoms with Crippen molar-refractivity contribution in [3.05, 3.63) is 35.9 Å². The Morgan fingerprint density at radius 2 is 1.83 bits per heavy atom. The second-order valence-electron chi connectivity index (χ2n) is 6.57. The van der Waals surface area contributed by atoms with Gasteiger partial charge in [-0.25, -0.2) is 0 Å². The van der Waals surface area contributed by atoms with Crippen molar-refractivity contribution in [3.8, 4) is 0 Å². The van der Waals surface area contributed by atoms with E-state index in [4.69, 9.17) is 14.2 Å². The van der Waals surface area contributed by atoms with Crippen LogP contribution in [0.3, 0.4) is 0 Å². The monoisotopic (exact) mass is 446 g/mol. The van der Waals surface area contributed by atoms with Crippen LogP contribution in [0.1, 0.15) is 51.0 Å². The van der Waals surface area contributed by atoms with Crippen molar-refractivity contribution in [3.63, 3.8) is 0 Å². The average molecular weight is 446 g/mol. The average Bonchev–Trinajstić information content (AvgIpc) is 3.08. The smallest absolute Gasteiger partial charge is 0.168 e. The molecule has 1 aliphatic heterocycles. The fourth-order valence-corrected chi connectivity index (χ4v) is 3.61. The molecular weight excluding hydrogens is 415 g/mol. The standard InChI is InChI=1S/C20H31IO3/c1-2-18(16-22-17-19-8-4-3-5-9-19)10-6-11-20(12-7-13-21)23-14-15-24-20/h3-5,8-9,18H,2,6-7,10-17H2,1H3/t18-/m1/s1. The first kappa shape index (κ1) is 20.1. The lowest BCUT2D eigenvalue weighted by atomic mass is 9.96. The number of ether oxygens (including phenoxy) is 3. The van der Waals surface area contributed by atoms with Crippen LogP contribution in [-0.2, 0) is 20.8 Å². The van der Waals surface area contributed by atoms with Gasteiger partial charge in [0, 0.05) is 19.4 Å². The van der Waals surface area contributed by atoms with E-state index in [1.807, 2.05) is 6.07 Å². The van der Waals surface area contributed by atoms with Gasteiger partial charge < -0.3 is 14.2 Å². The van der Waals surface area contributed by atoms with Crippen LogP contribution in [0.2, 0.25) is 0 Å². The van der Waals surface area contributed by atoms with Crippen molar-refractivity contribution in [1.29, 1.82) is 0 Å². The first-order chi connectivity index (χ1) is 11.8. The summed E-state index contributed by atoms with van der Waals surface area (Å²) in [4.78, 5) is 0. The number of hydrogen-bond acceptors (Lipinski definition) is 3. The first-order valence-electron chi connectivity index (χ1n) is 9.23. The van der Waals surface area contributed by atoms with E-state index in [9.17, 15) is 0 Å². The molecule has 1 aromatic carbocycles. The van der Waals surface area contributed by atoms with E-state index in [0.717, 1.165) is 56.4 Å². The van der Waals surface area contributed by atoms with Gasteiger partial charge in [-0.05, 0) is 35.2 Å². The summed E-state index contributed by atoms with van der Waals surface area (Å²) in [6, 6.07) is 10.4. The largest absolute Gasteiger partial charge is 0.376 e. The maximum atomic E-state index is 5.94. The molecule has 1 aliphatic rings. The molecule has 0 aliphatic carbocycles. The number of hydrogen-bond donors (Lipinski definition) is 0. The Labute approximate surface area is 160 Å². The summed E-state index contributed by atoms with van der Waals surface area (Å²) in [7, 11) is 0. The second kappa shape index (κ2) is 11.4. The Bertz CT molecular complexity index is 432. The van der Waals surface area contributed by atoms with E-state index in [2.05, 4.69) is 53.8 Å². The Morgan fingerprint density at radius 3 is 2.50 bits per heavy atom. The number of rotatable bonds is 12. The van der Waals surface area contributed by atoms with E-state index in [0.29, 0.717) is 12.5 Å². The molecule has 0 spiro atoms. The molecule has 24 heavy (non-hydrogen) atoms. The molecule has 1 atom stereocenters. The number of benzene rings is 1. The van der Waals surface area contributed by atoms with Crippen molar-refractivity contribution in [2.75, 3.05) is 24.2 Å². The van der Waals surface area contributed by atoms with Gasteiger partial charge in [0.2, 0.25) is 0 Å². The van der Waals surface area contributed by atoms with E-state index >= 15 is 0 Å². The third kappa shape index (κ3) is 6.98. The maximum Gasteiger partial charge on any atom is 0.168 e. The normalized spacial score (nSPS) is 17.9. The summed E-state index contributed by atoms with van der Waals surface area (Å²) in [5.41, 5.74) is 1.25. The summed E-state index contributed by atoms with van der Waals surface area (Å²) in [5.74, 6) is 0.325. The topological polar surface area (TPSA) is 27.7 Å². The van der Waals surface area contributed by atoms with Crippen molar-refractivity contribution in [1.82, 2.24) is 0 Å². The fraction of sp³-hybridized carbons (Fsp3) is 0.700. The lowest BCUT2D eigenvalue weighted by Gasteiger charge is -2.28. The number of alkyl halides is 1. The van der Waals surface area contributed by atoms with Gasteiger partial charge in [-0.15, -0.1) is 0 Å². The van der Waals surface area contributed by atoms with Crippen LogP contribution in [0.15, 0.2) is 30.3 Å². The molecule has 1 heterocycles. The lowest BCUT2D eigenvalue weighted by Crippen LogP contribution is -2.30. The number of halogens is 1. The van der Waals surface area contributed by atoms with Crippen LogP contribution in [0.25, 0.3) is 0 Å². The van der Waals surface area contributed by atoms with E-state index in [1.54, 1.807) is 0 Å². The molecule has 0 saturated carbocycles. The predicted octanol–water partition coefficient (Wildman–Crippen LogP) is 5.36. The van der Waals surface area contributed by atoms with Crippen molar-refractivity contribution >= 4 is 22.6 Å². The minimum Gasteiger partial charge on any atom is -0.376 e. The zero-order chi connectivity index (χ0) is 17.1. The zero-order valence-electron chi connectivity index (χ0n) is 14.8. The highest BCUT2D eigenvalue weighted by Crippen LogP contribution is 2.31. The Kier molecular flexibility index (Phi) is 9.61. The summed E-state index contributed by atoms with van der Waals surface area (Å²) in [5, 5.41) is 0. The first-order valence-corrected chi connectivity index (χ1v) is 10.8. The molecule has 1 aromatic rings. The highest BCUT2D eigenvalue weighted by atomic mass is 127. The van der Waals surface area contributed by atoms with Gasteiger partial charge in [-0.3, -0.25) is 0 Å². The second-order valence-corrected chi connectivity index (χ2v) is 7.65. The highest BCUT2D eigenvalue weighted by molar-refractivity contribution is 14.1. The molecule has 1 fully saturated rings. The third-order valence-electron chi connectivity index (χ3n) is 4.72. The quantitative estimate of drug-likeness (QED) is 0.320. The van der Waals surface area contributed by atoms with Crippen molar-refractivity contribution in [2.45, 2.75) is 57.8 Å². The summed E-state index contributed by atoms with van der Waals surface area (Å²) in [6.07, 6.45) is 6.70. The molecule has 0 radical (unpaired) electrons. The van der Waals surface area contributed by atoms with Gasteiger partial charge in [-0.1, -0.05) is 66.3 Å². The van der Waals surface area contributed by atoms with E-state index in [-0.39, 0.29) is 5.79 Å². The van der Waals surface area contributed by atoms with E-state index in [1.165, 1.54) is 12.0 Å². The van der Waals surface area contributed by atoms with Crippen LogP contribution >= 0.6 is 22.6 Å². The van der Waals surface area contributed by atoms with Crippen molar-refractivity contribution < 1.29 is 14.2 Å². The van der Waals surface area contributed by atoms with Gasteiger partial charge >= 0.3 is 0 Å². The third-order valence-corrected chi connectivity index (χ3v) is 5.48. The molecule has 3 nitrogen and oxygen atoms in total. The van der Waals surface area contributed by atoms with E-state index < -0.39 is 0 Å². The molecule has 2 rings (SSSR count). The minimum absolute atomic E-state index is 0.297. The zero-order valence-corrected chi connectivity index (χ0v) is 17.0. The highest BCUT2D eigenvalue weighted by Gasteiger charge is 2.35. The summed E-state index contributed by atoms with van der Waals surface area (Å²) < 4.78 is 19.0. The molecular formula is C20H31IO3. The molecule has 136 valence electrons. The Hall–Kier alpha value is -0.170. The molecule has 0 unspecified atom stereocenters. The van der Waals surface area contributed by atoms with Crippen LogP contribution in [0.4, 0.5) is 0 Å². The summed E-state index contributed by atoms with van der Waals surface area (Å²) in [6.45, 7) is 5.30. The Balaban J connectivity index is 1.66. The molecule has 4 heteroatoms. The Morgan fingerprint density at radius 1 is 1.12 bits per heavy atom. The predicted molar refractivity (Wildman–Crippen MR) is 106 cm³/mol. The molecule has 0 N–H and O–H groups in total. The summed E-state index contributed by atoms with van der Waals surface area (Å²) >= 11 is 2.43. The van der Waals surface area contributed by atoms with Crippen LogP contribution in [0, 0.1) is 5.92 Å². The van der Waals surface area contributed by atoms with Gasteiger partial charge in [-0.2, -0.15) is 0 Å².